The van der Waals surface area contributed by atoms with E-state index in [0.717, 1.165) is 5.69 Å². The molecular formula is C20H23Cl2N3O3S. The van der Waals surface area contributed by atoms with Crippen molar-refractivity contribution in [1.29, 1.82) is 0 Å². The Bertz CT molecular complexity index is 1000. The van der Waals surface area contributed by atoms with Crippen molar-refractivity contribution in [2.45, 2.75) is 24.8 Å². The molecule has 1 heterocycles. The van der Waals surface area contributed by atoms with E-state index in [2.05, 4.69) is 9.62 Å². The lowest BCUT2D eigenvalue weighted by molar-refractivity contribution is 0.0746. The van der Waals surface area contributed by atoms with Gasteiger partial charge in [-0.2, -0.15) is 0 Å². The van der Waals surface area contributed by atoms with Gasteiger partial charge in [-0.3, -0.25) is 4.79 Å². The monoisotopic (exact) mass is 455 g/mol. The molecule has 0 saturated carbocycles. The average molecular weight is 456 g/mol. The van der Waals surface area contributed by atoms with Gasteiger partial charge in [0.25, 0.3) is 5.91 Å². The van der Waals surface area contributed by atoms with Crippen molar-refractivity contribution in [2.75, 3.05) is 31.1 Å². The van der Waals surface area contributed by atoms with Gasteiger partial charge in [0.05, 0.1) is 15.5 Å². The zero-order chi connectivity index (χ0) is 21.2. The lowest BCUT2D eigenvalue weighted by atomic mass is 10.1. The Morgan fingerprint density at radius 2 is 1.72 bits per heavy atom. The zero-order valence-electron chi connectivity index (χ0n) is 16.2. The third-order valence-electron chi connectivity index (χ3n) is 4.61. The van der Waals surface area contributed by atoms with E-state index in [9.17, 15) is 13.2 Å². The number of hydrogen-bond donors (Lipinski definition) is 1. The first-order valence-corrected chi connectivity index (χ1v) is 11.5. The number of halogens is 2. The van der Waals surface area contributed by atoms with Crippen LogP contribution in [0.2, 0.25) is 10.0 Å². The van der Waals surface area contributed by atoms with E-state index in [4.69, 9.17) is 23.2 Å². The van der Waals surface area contributed by atoms with Gasteiger partial charge in [0.15, 0.2) is 0 Å². The third-order valence-corrected chi connectivity index (χ3v) is 6.83. The summed E-state index contributed by atoms with van der Waals surface area (Å²) in [5.41, 5.74) is 1.20. The van der Waals surface area contributed by atoms with Gasteiger partial charge >= 0.3 is 0 Å². The van der Waals surface area contributed by atoms with E-state index >= 15 is 0 Å². The number of sulfonamides is 1. The fraction of sp³-hybridized carbons (Fsp3) is 0.350. The van der Waals surface area contributed by atoms with Crippen LogP contribution < -0.4 is 9.62 Å². The minimum atomic E-state index is -3.71. The highest BCUT2D eigenvalue weighted by Gasteiger charge is 2.26. The summed E-state index contributed by atoms with van der Waals surface area (Å²) < 4.78 is 27.4. The van der Waals surface area contributed by atoms with E-state index in [1.54, 1.807) is 18.7 Å². The molecule has 2 aromatic carbocycles. The summed E-state index contributed by atoms with van der Waals surface area (Å²) in [7, 11) is -3.71. The smallest absolute Gasteiger partial charge is 0.255 e. The first kappa shape index (κ1) is 21.9. The molecular weight excluding hydrogens is 433 g/mol. The highest BCUT2D eigenvalue weighted by molar-refractivity contribution is 7.89. The maximum absolute atomic E-state index is 13.0. The highest BCUT2D eigenvalue weighted by atomic mass is 35.5. The van der Waals surface area contributed by atoms with Gasteiger partial charge < -0.3 is 9.80 Å². The second-order valence-corrected chi connectivity index (χ2v) is 9.73. The predicted molar refractivity (Wildman–Crippen MR) is 116 cm³/mol. The molecule has 0 aromatic heterocycles. The van der Waals surface area contributed by atoms with Crippen LogP contribution in [0.5, 0.6) is 0 Å². The maximum Gasteiger partial charge on any atom is 0.255 e. The third kappa shape index (κ3) is 5.22. The molecule has 2 aromatic rings. The van der Waals surface area contributed by atoms with Crippen molar-refractivity contribution in [3.8, 4) is 0 Å². The Morgan fingerprint density at radius 3 is 2.34 bits per heavy atom. The number of anilines is 1. The maximum atomic E-state index is 13.0. The van der Waals surface area contributed by atoms with Crippen LogP contribution in [0.4, 0.5) is 5.69 Å². The molecule has 0 aliphatic carbocycles. The topological polar surface area (TPSA) is 69.7 Å². The summed E-state index contributed by atoms with van der Waals surface area (Å²) in [6.07, 6.45) is 0. The van der Waals surface area contributed by atoms with Gasteiger partial charge in [-0.05, 0) is 50.2 Å². The minimum Gasteiger partial charge on any atom is -0.368 e. The largest absolute Gasteiger partial charge is 0.368 e. The molecule has 1 fully saturated rings. The fourth-order valence-electron chi connectivity index (χ4n) is 3.22. The van der Waals surface area contributed by atoms with Crippen LogP contribution >= 0.6 is 23.2 Å². The zero-order valence-corrected chi connectivity index (χ0v) is 18.6. The van der Waals surface area contributed by atoms with E-state index < -0.39 is 10.0 Å². The van der Waals surface area contributed by atoms with Crippen LogP contribution in [0, 0.1) is 0 Å². The molecule has 1 amide bonds. The van der Waals surface area contributed by atoms with Gasteiger partial charge in [-0.1, -0.05) is 29.3 Å². The second kappa shape index (κ2) is 8.92. The van der Waals surface area contributed by atoms with Gasteiger partial charge in [0.2, 0.25) is 10.0 Å². The number of amides is 1. The van der Waals surface area contributed by atoms with Crippen molar-refractivity contribution in [1.82, 2.24) is 9.62 Å². The number of nitrogens with one attached hydrogen (secondary N) is 1. The van der Waals surface area contributed by atoms with Crippen LogP contribution in [-0.2, 0) is 10.0 Å². The number of carbonyl (C=O) groups excluding carboxylic acids is 1. The normalized spacial score (nSPS) is 15.1. The summed E-state index contributed by atoms with van der Waals surface area (Å²) in [4.78, 5) is 16.9. The predicted octanol–water partition coefficient (Wildman–Crippen LogP) is 3.64. The second-order valence-electron chi connectivity index (χ2n) is 7.18. The quantitative estimate of drug-likeness (QED) is 0.746. The number of carbonyl (C=O) groups is 1. The molecule has 1 aliphatic heterocycles. The molecule has 0 radical (unpaired) electrons. The summed E-state index contributed by atoms with van der Waals surface area (Å²) in [5, 5.41) is 0.900. The van der Waals surface area contributed by atoms with Gasteiger partial charge in [0.1, 0.15) is 0 Å². The van der Waals surface area contributed by atoms with E-state index in [0.29, 0.717) is 31.2 Å². The molecule has 156 valence electrons. The first-order chi connectivity index (χ1) is 13.7. The molecule has 0 bridgehead atoms. The van der Waals surface area contributed by atoms with Crippen molar-refractivity contribution < 1.29 is 13.2 Å². The van der Waals surface area contributed by atoms with Crippen LogP contribution in [0.3, 0.4) is 0 Å². The van der Waals surface area contributed by atoms with E-state index in [-0.39, 0.29) is 27.4 Å². The number of hydrogen-bond acceptors (Lipinski definition) is 4. The van der Waals surface area contributed by atoms with Crippen molar-refractivity contribution >= 4 is 44.8 Å². The molecule has 0 atom stereocenters. The molecule has 1 saturated heterocycles. The molecule has 1 N–H and O–H groups in total. The van der Waals surface area contributed by atoms with Crippen LogP contribution in [-0.4, -0.2) is 51.4 Å². The first-order valence-electron chi connectivity index (χ1n) is 9.29. The number of rotatable bonds is 5. The summed E-state index contributed by atoms with van der Waals surface area (Å²) in [5.74, 6) is -0.276. The number of benzene rings is 2. The summed E-state index contributed by atoms with van der Waals surface area (Å²) >= 11 is 12.3. The van der Waals surface area contributed by atoms with Crippen LogP contribution in [0.1, 0.15) is 24.2 Å². The number of piperazine rings is 1. The van der Waals surface area contributed by atoms with Crippen molar-refractivity contribution in [3.05, 3.63) is 58.1 Å². The molecule has 0 unspecified atom stereocenters. The summed E-state index contributed by atoms with van der Waals surface area (Å²) in [6.45, 7) is 5.77. The van der Waals surface area contributed by atoms with Crippen molar-refractivity contribution in [2.24, 2.45) is 0 Å². The van der Waals surface area contributed by atoms with E-state index in [1.807, 2.05) is 24.3 Å². The molecule has 0 spiro atoms. The molecule has 9 heteroatoms. The molecule has 3 rings (SSSR count). The molecule has 6 nitrogen and oxygen atoms in total. The lowest BCUT2D eigenvalue weighted by Crippen LogP contribution is -2.48. The van der Waals surface area contributed by atoms with Crippen molar-refractivity contribution in [3.63, 3.8) is 0 Å². The minimum absolute atomic E-state index is 0.0245. The average Bonchev–Trinajstić information content (AvgIpc) is 2.67. The van der Waals surface area contributed by atoms with Crippen LogP contribution in [0.15, 0.2) is 47.4 Å². The Labute approximate surface area is 181 Å². The van der Waals surface area contributed by atoms with Gasteiger partial charge in [-0.15, -0.1) is 0 Å². The molecule has 1 aliphatic rings. The summed E-state index contributed by atoms with van der Waals surface area (Å²) in [6, 6.07) is 11.5. The number of nitrogens with zero attached hydrogens (tertiary/aromatic N) is 2. The van der Waals surface area contributed by atoms with Gasteiger partial charge in [0, 0.05) is 42.9 Å². The standard InChI is InChI=1S/C20H23Cl2N3O3S/c1-14(2)23-29(27,28)17-6-7-19(22)18(13-17)20(26)25-10-8-24(9-11-25)16-5-3-4-15(21)12-16/h3-7,12-14,23H,8-11H2,1-2H3. The Kier molecular flexibility index (Phi) is 6.73. The Morgan fingerprint density at radius 1 is 1.03 bits per heavy atom. The SMILES string of the molecule is CC(C)NS(=O)(=O)c1ccc(Cl)c(C(=O)N2CCN(c3cccc(Cl)c3)CC2)c1. The molecule has 29 heavy (non-hydrogen) atoms. The highest BCUT2D eigenvalue weighted by Crippen LogP contribution is 2.25. The van der Waals surface area contributed by atoms with E-state index in [1.165, 1.54) is 18.2 Å². The lowest BCUT2D eigenvalue weighted by Gasteiger charge is -2.36. The van der Waals surface area contributed by atoms with Gasteiger partial charge in [-0.25, -0.2) is 13.1 Å². The fourth-order valence-corrected chi connectivity index (χ4v) is 4.88. The Balaban J connectivity index is 1.75. The Hall–Kier alpha value is -1.80. The van der Waals surface area contributed by atoms with Crippen LogP contribution in [0.25, 0.3) is 0 Å².